The number of amidine groups is 1. The number of hydrogen-bond donors (Lipinski definition) is 2. The van der Waals surface area contributed by atoms with Crippen LogP contribution in [0.15, 0.2) is 5.16 Å². The van der Waals surface area contributed by atoms with Crippen LogP contribution < -0.4 is 5.73 Å². The van der Waals surface area contributed by atoms with Gasteiger partial charge in [-0.2, -0.15) is 4.31 Å². The molecular formula is C10H19N3O4S. The Kier molecular flexibility index (Phi) is 4.08. The highest BCUT2D eigenvalue weighted by atomic mass is 32.2. The van der Waals surface area contributed by atoms with Gasteiger partial charge in [0.1, 0.15) is 0 Å². The van der Waals surface area contributed by atoms with Crippen LogP contribution in [-0.2, 0) is 14.8 Å². The van der Waals surface area contributed by atoms with Crippen LogP contribution in [0.25, 0.3) is 0 Å². The Balaban J connectivity index is 2.18. The Labute approximate surface area is 107 Å². The minimum Gasteiger partial charge on any atom is -0.409 e. The van der Waals surface area contributed by atoms with Crippen LogP contribution in [0.4, 0.5) is 0 Å². The van der Waals surface area contributed by atoms with E-state index in [2.05, 4.69) is 5.16 Å². The van der Waals surface area contributed by atoms with Crippen molar-refractivity contribution in [2.24, 2.45) is 10.9 Å². The lowest BCUT2D eigenvalue weighted by molar-refractivity contribution is 0.0972. The first-order chi connectivity index (χ1) is 8.57. The standard InChI is InChI=1S/C10H19N3O4S/c11-10(12-14)9-2-1-5-13(9)18(15,16)8-3-6-17-7-4-8/h8-9,14H,1-7H2,(H2,11,12). The van der Waals surface area contributed by atoms with Crippen molar-refractivity contribution in [2.45, 2.75) is 37.0 Å². The monoisotopic (exact) mass is 277 g/mol. The van der Waals surface area contributed by atoms with E-state index in [1.165, 1.54) is 4.31 Å². The van der Waals surface area contributed by atoms with Gasteiger partial charge in [0.25, 0.3) is 0 Å². The average Bonchev–Trinajstić information content (AvgIpc) is 2.89. The van der Waals surface area contributed by atoms with Crippen molar-refractivity contribution < 1.29 is 18.4 Å². The molecule has 0 bridgehead atoms. The van der Waals surface area contributed by atoms with Crippen molar-refractivity contribution in [3.8, 4) is 0 Å². The zero-order valence-electron chi connectivity index (χ0n) is 10.2. The maximum atomic E-state index is 12.5. The summed E-state index contributed by atoms with van der Waals surface area (Å²) in [4.78, 5) is 0. The summed E-state index contributed by atoms with van der Waals surface area (Å²) in [5.41, 5.74) is 5.56. The van der Waals surface area contributed by atoms with Crippen molar-refractivity contribution in [2.75, 3.05) is 19.8 Å². The third kappa shape index (κ3) is 2.45. The highest BCUT2D eigenvalue weighted by Crippen LogP contribution is 2.27. The van der Waals surface area contributed by atoms with Crippen LogP contribution in [-0.4, -0.2) is 54.8 Å². The average molecular weight is 277 g/mol. The van der Waals surface area contributed by atoms with Gasteiger partial charge in [0.2, 0.25) is 10.0 Å². The van der Waals surface area contributed by atoms with E-state index in [0.29, 0.717) is 39.0 Å². The number of ether oxygens (including phenoxy) is 1. The molecule has 0 aliphatic carbocycles. The lowest BCUT2D eigenvalue weighted by Crippen LogP contribution is -2.48. The van der Waals surface area contributed by atoms with E-state index in [9.17, 15) is 8.42 Å². The highest BCUT2D eigenvalue weighted by Gasteiger charge is 2.41. The lowest BCUT2D eigenvalue weighted by atomic mass is 10.2. The molecule has 2 rings (SSSR count). The molecule has 2 aliphatic heterocycles. The summed E-state index contributed by atoms with van der Waals surface area (Å²) in [6.45, 7) is 1.40. The topological polar surface area (TPSA) is 105 Å². The Bertz CT molecular complexity index is 417. The summed E-state index contributed by atoms with van der Waals surface area (Å²) in [5.74, 6) is -0.0249. The van der Waals surface area contributed by atoms with Gasteiger partial charge in [-0.25, -0.2) is 8.42 Å². The van der Waals surface area contributed by atoms with E-state index in [0.717, 1.165) is 6.42 Å². The number of sulfonamides is 1. The van der Waals surface area contributed by atoms with E-state index in [1.54, 1.807) is 0 Å². The number of nitrogens with zero attached hydrogens (tertiary/aromatic N) is 2. The molecular weight excluding hydrogens is 258 g/mol. The second-order valence-electron chi connectivity index (χ2n) is 4.65. The largest absolute Gasteiger partial charge is 0.409 e. The van der Waals surface area contributed by atoms with Gasteiger partial charge in [-0.3, -0.25) is 0 Å². The minimum atomic E-state index is -3.38. The van der Waals surface area contributed by atoms with Crippen LogP contribution >= 0.6 is 0 Å². The Hall–Kier alpha value is -0.860. The zero-order valence-corrected chi connectivity index (χ0v) is 11.0. The van der Waals surface area contributed by atoms with Crippen molar-refractivity contribution >= 4 is 15.9 Å². The van der Waals surface area contributed by atoms with E-state index in [4.69, 9.17) is 15.7 Å². The SMILES string of the molecule is NC(=NO)C1CCCN1S(=O)(=O)C1CCOCC1. The molecule has 1 atom stereocenters. The van der Waals surface area contributed by atoms with Crippen molar-refractivity contribution in [3.63, 3.8) is 0 Å². The fraction of sp³-hybridized carbons (Fsp3) is 0.900. The normalized spacial score (nSPS) is 28.7. The van der Waals surface area contributed by atoms with Crippen LogP contribution in [0, 0.1) is 0 Å². The molecule has 3 N–H and O–H groups in total. The van der Waals surface area contributed by atoms with Crippen LogP contribution in [0.2, 0.25) is 0 Å². The molecule has 0 aromatic heterocycles. The van der Waals surface area contributed by atoms with Gasteiger partial charge >= 0.3 is 0 Å². The maximum absolute atomic E-state index is 12.5. The molecule has 0 aromatic rings. The van der Waals surface area contributed by atoms with E-state index in [-0.39, 0.29) is 5.84 Å². The van der Waals surface area contributed by atoms with Gasteiger partial charge in [-0.15, -0.1) is 0 Å². The van der Waals surface area contributed by atoms with Crippen LogP contribution in [0.5, 0.6) is 0 Å². The quantitative estimate of drug-likeness (QED) is 0.319. The van der Waals surface area contributed by atoms with Crippen LogP contribution in [0.1, 0.15) is 25.7 Å². The van der Waals surface area contributed by atoms with Gasteiger partial charge in [-0.1, -0.05) is 5.16 Å². The molecule has 2 fully saturated rings. The predicted octanol–water partition coefficient (Wildman–Crippen LogP) is -0.294. The molecule has 2 heterocycles. The van der Waals surface area contributed by atoms with Gasteiger partial charge in [-0.05, 0) is 25.7 Å². The number of rotatable bonds is 3. The first-order valence-corrected chi connectivity index (χ1v) is 7.63. The minimum absolute atomic E-state index is 0.0249. The van der Waals surface area contributed by atoms with Gasteiger partial charge in [0.05, 0.1) is 11.3 Å². The molecule has 0 saturated carbocycles. The summed E-state index contributed by atoms with van der Waals surface area (Å²) >= 11 is 0. The molecule has 104 valence electrons. The summed E-state index contributed by atoms with van der Waals surface area (Å²) in [7, 11) is -3.38. The smallest absolute Gasteiger partial charge is 0.217 e. The predicted molar refractivity (Wildman–Crippen MR) is 65.9 cm³/mol. The lowest BCUT2D eigenvalue weighted by Gasteiger charge is -2.30. The van der Waals surface area contributed by atoms with Crippen molar-refractivity contribution in [1.29, 1.82) is 0 Å². The van der Waals surface area contributed by atoms with Crippen molar-refractivity contribution in [3.05, 3.63) is 0 Å². The molecule has 7 nitrogen and oxygen atoms in total. The highest BCUT2D eigenvalue weighted by molar-refractivity contribution is 7.89. The first kappa shape index (κ1) is 13.6. The van der Waals surface area contributed by atoms with E-state index in [1.807, 2.05) is 0 Å². The van der Waals surface area contributed by atoms with E-state index >= 15 is 0 Å². The number of nitrogens with two attached hydrogens (primary N) is 1. The maximum Gasteiger partial charge on any atom is 0.217 e. The molecule has 2 aliphatic rings. The van der Waals surface area contributed by atoms with Gasteiger partial charge in [0.15, 0.2) is 5.84 Å². The molecule has 8 heteroatoms. The second kappa shape index (κ2) is 5.41. The molecule has 0 amide bonds. The molecule has 0 aromatic carbocycles. The molecule has 0 radical (unpaired) electrons. The summed E-state index contributed by atoms with van der Waals surface area (Å²) < 4.78 is 31.6. The van der Waals surface area contributed by atoms with Gasteiger partial charge < -0.3 is 15.7 Å². The van der Waals surface area contributed by atoms with Crippen molar-refractivity contribution in [1.82, 2.24) is 4.31 Å². The van der Waals surface area contributed by atoms with E-state index < -0.39 is 21.3 Å². The number of oxime groups is 1. The number of hydrogen-bond acceptors (Lipinski definition) is 5. The van der Waals surface area contributed by atoms with Gasteiger partial charge in [0, 0.05) is 19.8 Å². The fourth-order valence-electron chi connectivity index (χ4n) is 2.57. The summed E-state index contributed by atoms with van der Waals surface area (Å²) in [5, 5.41) is 11.2. The third-order valence-electron chi connectivity index (χ3n) is 3.58. The zero-order chi connectivity index (χ0) is 13.2. The Morgan fingerprint density at radius 2 is 2.00 bits per heavy atom. The molecule has 18 heavy (non-hydrogen) atoms. The molecule has 0 spiro atoms. The summed E-state index contributed by atoms with van der Waals surface area (Å²) in [6.07, 6.45) is 2.38. The molecule has 1 unspecified atom stereocenters. The molecule has 2 saturated heterocycles. The third-order valence-corrected chi connectivity index (χ3v) is 5.98. The Morgan fingerprint density at radius 3 is 2.61 bits per heavy atom. The van der Waals surface area contributed by atoms with Crippen LogP contribution in [0.3, 0.4) is 0 Å². The second-order valence-corrected chi connectivity index (χ2v) is 6.82. The first-order valence-electron chi connectivity index (χ1n) is 6.13. The fourth-order valence-corrected chi connectivity index (χ4v) is 4.70. The Morgan fingerprint density at radius 1 is 1.33 bits per heavy atom. The summed E-state index contributed by atoms with van der Waals surface area (Å²) in [6, 6.07) is -0.497.